The van der Waals surface area contributed by atoms with E-state index in [2.05, 4.69) is 0 Å². The van der Waals surface area contributed by atoms with Crippen molar-refractivity contribution >= 4 is 23.3 Å². The van der Waals surface area contributed by atoms with Crippen LogP contribution >= 0.6 is 11.6 Å². The van der Waals surface area contributed by atoms with Crippen LogP contribution in [-0.4, -0.2) is 23.7 Å². The molecule has 24 heavy (non-hydrogen) atoms. The summed E-state index contributed by atoms with van der Waals surface area (Å²) < 4.78 is 5.14. The van der Waals surface area contributed by atoms with E-state index in [1.54, 1.807) is 24.1 Å². The van der Waals surface area contributed by atoms with E-state index in [1.165, 1.54) is 0 Å². The van der Waals surface area contributed by atoms with Crippen molar-refractivity contribution in [1.82, 2.24) is 4.90 Å². The first-order valence-corrected chi connectivity index (χ1v) is 8.19. The maximum Gasteiger partial charge on any atom is 0.256 e. The third-order valence-electron chi connectivity index (χ3n) is 4.21. The van der Waals surface area contributed by atoms with Crippen LogP contribution in [0.3, 0.4) is 0 Å². The second kappa shape index (κ2) is 6.65. The number of Topliss-reactive ketones (excluding diaryl/α,β-unsaturated/α-hetero) is 1. The molecule has 0 saturated heterocycles. The summed E-state index contributed by atoms with van der Waals surface area (Å²) in [7, 11) is 1.62. The van der Waals surface area contributed by atoms with Crippen molar-refractivity contribution in [3.05, 3.63) is 63.7 Å². The van der Waals surface area contributed by atoms with Crippen LogP contribution in [0.15, 0.2) is 36.4 Å². The van der Waals surface area contributed by atoms with E-state index in [0.717, 1.165) is 16.9 Å². The van der Waals surface area contributed by atoms with E-state index in [9.17, 15) is 9.59 Å². The third-order valence-corrected chi connectivity index (χ3v) is 4.51. The largest absolute Gasteiger partial charge is 0.497 e. The van der Waals surface area contributed by atoms with Crippen molar-refractivity contribution in [2.45, 2.75) is 26.4 Å². The summed E-state index contributed by atoms with van der Waals surface area (Å²) in [6.45, 7) is 2.76. The highest BCUT2D eigenvalue weighted by molar-refractivity contribution is 6.34. The number of ether oxygens (including phenoxy) is 1. The van der Waals surface area contributed by atoms with Crippen LogP contribution in [0.1, 0.15) is 45.2 Å². The normalized spacial score (nSPS) is 13.1. The molecule has 0 spiro atoms. The van der Waals surface area contributed by atoms with Gasteiger partial charge in [0.1, 0.15) is 5.75 Å². The zero-order valence-corrected chi connectivity index (χ0v) is 14.4. The average Bonchev–Trinajstić information content (AvgIpc) is 2.91. The molecular formula is C19H18ClNO3. The molecule has 4 nitrogen and oxygen atoms in total. The maximum atomic E-state index is 12.6. The number of rotatable bonds is 5. The van der Waals surface area contributed by atoms with Gasteiger partial charge in [0.25, 0.3) is 5.91 Å². The Bertz CT molecular complexity index is 799. The summed E-state index contributed by atoms with van der Waals surface area (Å²) in [5.41, 5.74) is 2.91. The van der Waals surface area contributed by atoms with Gasteiger partial charge >= 0.3 is 0 Å². The number of ketones is 1. The molecule has 0 aromatic heterocycles. The fraction of sp³-hybridized carbons (Fsp3) is 0.263. The molecule has 0 unspecified atom stereocenters. The molecular weight excluding hydrogens is 326 g/mol. The Labute approximate surface area is 146 Å². The standard InChI is InChI=1S/C19H18ClNO3/c1-3-17(22)13-8-14-11-21(19(23)18(14)16(20)9-13)10-12-4-6-15(24-2)7-5-12/h4-9H,3,10-11H2,1-2H3. The number of nitrogens with zero attached hydrogens (tertiary/aromatic N) is 1. The van der Waals surface area contributed by atoms with Gasteiger partial charge in [-0.1, -0.05) is 30.7 Å². The van der Waals surface area contributed by atoms with Gasteiger partial charge in [-0.3, -0.25) is 9.59 Å². The van der Waals surface area contributed by atoms with Gasteiger partial charge in [0.05, 0.1) is 17.7 Å². The number of carbonyl (C=O) groups is 2. The summed E-state index contributed by atoms with van der Waals surface area (Å²) in [6.07, 6.45) is 0.415. The molecule has 1 aliphatic rings. The van der Waals surface area contributed by atoms with Crippen LogP contribution in [-0.2, 0) is 13.1 Å². The topological polar surface area (TPSA) is 46.6 Å². The van der Waals surface area contributed by atoms with Gasteiger partial charge < -0.3 is 9.64 Å². The zero-order valence-electron chi connectivity index (χ0n) is 13.6. The predicted molar refractivity (Wildman–Crippen MR) is 92.6 cm³/mol. The van der Waals surface area contributed by atoms with Crippen LogP contribution in [0.25, 0.3) is 0 Å². The SMILES string of the molecule is CCC(=O)c1cc(Cl)c2c(c1)CN(Cc1ccc(OC)cc1)C2=O. The number of carbonyl (C=O) groups excluding carboxylic acids is 2. The molecule has 0 aliphatic carbocycles. The van der Waals surface area contributed by atoms with Crippen molar-refractivity contribution in [2.75, 3.05) is 7.11 Å². The van der Waals surface area contributed by atoms with Crippen molar-refractivity contribution < 1.29 is 14.3 Å². The number of hydrogen-bond acceptors (Lipinski definition) is 3. The average molecular weight is 344 g/mol. The summed E-state index contributed by atoms with van der Waals surface area (Å²) in [5.74, 6) is 0.711. The van der Waals surface area contributed by atoms with Gasteiger partial charge in [0, 0.05) is 25.1 Å². The van der Waals surface area contributed by atoms with E-state index in [4.69, 9.17) is 16.3 Å². The van der Waals surface area contributed by atoms with Gasteiger partial charge in [-0.25, -0.2) is 0 Å². The molecule has 3 rings (SSSR count). The summed E-state index contributed by atoms with van der Waals surface area (Å²) >= 11 is 6.26. The van der Waals surface area contributed by atoms with Gasteiger partial charge in [0.15, 0.2) is 5.78 Å². The Kier molecular flexibility index (Phi) is 4.58. The predicted octanol–water partition coefficient (Wildman–Crippen LogP) is 4.10. The number of benzene rings is 2. The van der Waals surface area contributed by atoms with Gasteiger partial charge in [-0.15, -0.1) is 0 Å². The number of hydrogen-bond donors (Lipinski definition) is 0. The molecule has 1 aliphatic heterocycles. The van der Waals surface area contributed by atoms with E-state index in [-0.39, 0.29) is 11.7 Å². The smallest absolute Gasteiger partial charge is 0.256 e. The fourth-order valence-electron chi connectivity index (χ4n) is 2.91. The zero-order chi connectivity index (χ0) is 17.3. The van der Waals surface area contributed by atoms with Crippen molar-refractivity contribution in [3.63, 3.8) is 0 Å². The van der Waals surface area contributed by atoms with Crippen molar-refractivity contribution in [1.29, 1.82) is 0 Å². The van der Waals surface area contributed by atoms with E-state index < -0.39 is 0 Å². The number of halogens is 1. The van der Waals surface area contributed by atoms with E-state index in [0.29, 0.717) is 35.7 Å². The van der Waals surface area contributed by atoms with Crippen molar-refractivity contribution in [3.8, 4) is 5.75 Å². The first-order valence-electron chi connectivity index (χ1n) is 7.81. The van der Waals surface area contributed by atoms with Crippen LogP contribution in [0.4, 0.5) is 0 Å². The number of amides is 1. The quantitative estimate of drug-likeness (QED) is 0.768. The first kappa shape index (κ1) is 16.5. The molecule has 0 atom stereocenters. The van der Waals surface area contributed by atoms with E-state index in [1.807, 2.05) is 31.2 Å². The maximum absolute atomic E-state index is 12.6. The molecule has 0 N–H and O–H groups in total. The van der Waals surface area contributed by atoms with Crippen molar-refractivity contribution in [2.24, 2.45) is 0 Å². The Morgan fingerprint density at radius 2 is 1.96 bits per heavy atom. The van der Waals surface area contributed by atoms with Gasteiger partial charge in [-0.05, 0) is 35.4 Å². The Morgan fingerprint density at radius 1 is 1.25 bits per heavy atom. The molecule has 2 aromatic rings. The molecule has 1 heterocycles. The first-order chi connectivity index (χ1) is 11.5. The molecule has 0 saturated carbocycles. The van der Waals surface area contributed by atoms with E-state index >= 15 is 0 Å². The van der Waals surface area contributed by atoms with Crippen LogP contribution < -0.4 is 4.74 Å². The molecule has 0 fully saturated rings. The fourth-order valence-corrected chi connectivity index (χ4v) is 3.23. The van der Waals surface area contributed by atoms with Crippen LogP contribution in [0.2, 0.25) is 5.02 Å². The van der Waals surface area contributed by atoms with Crippen LogP contribution in [0, 0.1) is 0 Å². The number of methoxy groups -OCH3 is 1. The molecule has 5 heteroatoms. The molecule has 2 aromatic carbocycles. The lowest BCUT2D eigenvalue weighted by Gasteiger charge is -2.15. The molecule has 124 valence electrons. The Morgan fingerprint density at radius 3 is 2.58 bits per heavy atom. The molecule has 1 amide bonds. The minimum absolute atomic E-state index is 0.0285. The Hall–Kier alpha value is -2.33. The minimum Gasteiger partial charge on any atom is -0.497 e. The summed E-state index contributed by atoms with van der Waals surface area (Å²) in [6, 6.07) is 11.0. The summed E-state index contributed by atoms with van der Waals surface area (Å²) in [4.78, 5) is 26.3. The highest BCUT2D eigenvalue weighted by Crippen LogP contribution is 2.32. The highest BCUT2D eigenvalue weighted by Gasteiger charge is 2.30. The monoisotopic (exact) mass is 343 g/mol. The van der Waals surface area contributed by atoms with Gasteiger partial charge in [-0.2, -0.15) is 0 Å². The molecule has 0 radical (unpaired) electrons. The lowest BCUT2D eigenvalue weighted by Crippen LogP contribution is -2.23. The second-order valence-corrected chi connectivity index (χ2v) is 6.19. The van der Waals surface area contributed by atoms with Crippen LogP contribution in [0.5, 0.6) is 5.75 Å². The lowest BCUT2D eigenvalue weighted by atomic mass is 10.0. The van der Waals surface area contributed by atoms with Gasteiger partial charge in [0.2, 0.25) is 0 Å². The Balaban J connectivity index is 1.84. The summed E-state index contributed by atoms with van der Waals surface area (Å²) in [5, 5.41) is 0.353. The lowest BCUT2D eigenvalue weighted by molar-refractivity contribution is 0.0766. The molecule has 0 bridgehead atoms. The minimum atomic E-state index is -0.0960. The highest BCUT2D eigenvalue weighted by atomic mass is 35.5. The second-order valence-electron chi connectivity index (χ2n) is 5.78. The number of fused-ring (bicyclic) bond motifs is 1. The third kappa shape index (κ3) is 3.02.